The topological polar surface area (TPSA) is 64.7 Å². The van der Waals surface area contributed by atoms with Crippen LogP contribution in [0, 0.1) is 11.6 Å². The van der Waals surface area contributed by atoms with Gasteiger partial charge in [-0.2, -0.15) is 0 Å². The predicted molar refractivity (Wildman–Crippen MR) is 52.6 cm³/mol. The Hall–Kier alpha value is -1.28. The lowest BCUT2D eigenvalue weighted by atomic mass is 10.4. The first kappa shape index (κ1) is 10.2. The van der Waals surface area contributed by atoms with Crippen LogP contribution in [0.2, 0.25) is 0 Å². The molecule has 0 atom stereocenters. The van der Waals surface area contributed by atoms with Gasteiger partial charge in [-0.1, -0.05) is 11.3 Å². The fraction of sp³-hybridized carbons (Fsp3) is 0. The van der Waals surface area contributed by atoms with Crippen molar-refractivity contribution in [1.29, 1.82) is 0 Å². The van der Waals surface area contributed by atoms with Crippen LogP contribution in [-0.2, 0) is 0 Å². The number of hydrogen-bond donors (Lipinski definition) is 1. The Morgan fingerprint density at radius 3 is 2.80 bits per heavy atom. The Balaban J connectivity index is 2.33. The second-order valence-electron chi connectivity index (χ2n) is 2.45. The summed E-state index contributed by atoms with van der Waals surface area (Å²) >= 11 is 2.19. The van der Waals surface area contributed by atoms with E-state index in [1.54, 1.807) is 0 Å². The SMILES string of the molecule is Nc1nc(Sc2nncs2)c(F)cc1F. The summed E-state index contributed by atoms with van der Waals surface area (Å²) in [6.07, 6.45) is 0. The molecule has 0 spiro atoms. The number of aromatic nitrogens is 3. The van der Waals surface area contributed by atoms with Gasteiger partial charge in [-0.15, -0.1) is 10.2 Å². The van der Waals surface area contributed by atoms with Crippen molar-refractivity contribution in [2.75, 3.05) is 5.73 Å². The van der Waals surface area contributed by atoms with Gasteiger partial charge in [0.05, 0.1) is 0 Å². The van der Waals surface area contributed by atoms with Crippen molar-refractivity contribution in [1.82, 2.24) is 15.2 Å². The number of nitrogens with zero attached hydrogens (tertiary/aromatic N) is 3. The number of pyridine rings is 1. The van der Waals surface area contributed by atoms with Gasteiger partial charge in [0.1, 0.15) is 10.5 Å². The van der Waals surface area contributed by atoms with Crippen molar-refractivity contribution in [3.05, 3.63) is 23.2 Å². The number of rotatable bonds is 2. The molecule has 78 valence electrons. The highest BCUT2D eigenvalue weighted by atomic mass is 32.2. The zero-order chi connectivity index (χ0) is 10.8. The highest BCUT2D eigenvalue weighted by Gasteiger charge is 2.12. The van der Waals surface area contributed by atoms with Gasteiger partial charge in [0.2, 0.25) is 0 Å². The molecule has 0 fully saturated rings. The van der Waals surface area contributed by atoms with E-state index >= 15 is 0 Å². The standard InChI is InChI=1S/C7H4F2N4S2/c8-3-1-4(9)6(12-5(3)10)15-7-13-11-2-14-7/h1-2H,(H2,10,12). The van der Waals surface area contributed by atoms with Crippen LogP contribution in [-0.4, -0.2) is 15.2 Å². The van der Waals surface area contributed by atoms with E-state index in [4.69, 9.17) is 5.73 Å². The highest BCUT2D eigenvalue weighted by molar-refractivity contribution is 8.00. The Morgan fingerprint density at radius 2 is 2.13 bits per heavy atom. The largest absolute Gasteiger partial charge is 0.381 e. The molecule has 15 heavy (non-hydrogen) atoms. The lowest BCUT2D eigenvalue weighted by Crippen LogP contribution is -1.98. The Bertz CT molecular complexity index is 474. The molecule has 0 aromatic carbocycles. The summed E-state index contributed by atoms with van der Waals surface area (Å²) in [6.45, 7) is 0. The van der Waals surface area contributed by atoms with E-state index < -0.39 is 11.6 Å². The third-order valence-corrected chi connectivity index (χ3v) is 3.21. The van der Waals surface area contributed by atoms with Gasteiger partial charge in [0.25, 0.3) is 0 Å². The molecule has 2 aromatic heterocycles. The summed E-state index contributed by atoms with van der Waals surface area (Å²) in [5, 5.41) is 7.27. The second kappa shape index (κ2) is 4.07. The fourth-order valence-electron chi connectivity index (χ4n) is 0.825. The van der Waals surface area contributed by atoms with Gasteiger partial charge in [0.15, 0.2) is 21.8 Å². The van der Waals surface area contributed by atoms with Gasteiger partial charge in [-0.05, 0) is 11.8 Å². The van der Waals surface area contributed by atoms with Crippen molar-refractivity contribution in [3.8, 4) is 0 Å². The molecule has 0 radical (unpaired) electrons. The van der Waals surface area contributed by atoms with Gasteiger partial charge < -0.3 is 5.73 Å². The Kier molecular flexibility index (Phi) is 2.78. The second-order valence-corrected chi connectivity index (χ2v) is 4.52. The molecule has 0 aliphatic heterocycles. The third kappa shape index (κ3) is 2.21. The molecule has 0 saturated heterocycles. The molecule has 2 heterocycles. The summed E-state index contributed by atoms with van der Waals surface area (Å²) in [5.41, 5.74) is 6.73. The first-order chi connectivity index (χ1) is 7.16. The van der Waals surface area contributed by atoms with Crippen LogP contribution in [0.1, 0.15) is 0 Å². The molecule has 2 N–H and O–H groups in total. The average Bonchev–Trinajstić information content (AvgIpc) is 2.67. The molecule has 2 rings (SSSR count). The quantitative estimate of drug-likeness (QED) is 0.877. The zero-order valence-electron chi connectivity index (χ0n) is 7.15. The van der Waals surface area contributed by atoms with E-state index in [2.05, 4.69) is 15.2 Å². The van der Waals surface area contributed by atoms with E-state index in [-0.39, 0.29) is 10.8 Å². The summed E-state index contributed by atoms with van der Waals surface area (Å²) < 4.78 is 26.5. The van der Waals surface area contributed by atoms with Gasteiger partial charge in [-0.25, -0.2) is 13.8 Å². The van der Waals surface area contributed by atoms with E-state index in [0.29, 0.717) is 10.4 Å². The highest BCUT2D eigenvalue weighted by Crippen LogP contribution is 2.30. The maximum Gasteiger partial charge on any atom is 0.180 e. The molecule has 2 aromatic rings. The van der Waals surface area contributed by atoms with Crippen LogP contribution in [0.5, 0.6) is 0 Å². The van der Waals surface area contributed by atoms with Crippen LogP contribution < -0.4 is 5.73 Å². The van der Waals surface area contributed by atoms with Crippen molar-refractivity contribution in [2.45, 2.75) is 9.37 Å². The first-order valence-electron chi connectivity index (χ1n) is 3.72. The smallest absolute Gasteiger partial charge is 0.180 e. The Labute approximate surface area is 91.6 Å². The number of nitrogen functional groups attached to an aromatic ring is 1. The molecule has 0 unspecified atom stereocenters. The molecule has 0 aliphatic rings. The van der Waals surface area contributed by atoms with E-state index in [1.165, 1.54) is 16.8 Å². The summed E-state index contributed by atoms with van der Waals surface area (Å²) in [6, 6.07) is 0.700. The number of halogens is 2. The van der Waals surface area contributed by atoms with E-state index in [1.807, 2.05) is 0 Å². The van der Waals surface area contributed by atoms with Crippen LogP contribution in [0.4, 0.5) is 14.6 Å². The summed E-state index contributed by atoms with van der Waals surface area (Å²) in [7, 11) is 0. The number of nitrogens with two attached hydrogens (primary N) is 1. The third-order valence-electron chi connectivity index (χ3n) is 1.45. The van der Waals surface area contributed by atoms with Crippen molar-refractivity contribution in [2.24, 2.45) is 0 Å². The van der Waals surface area contributed by atoms with Crippen LogP contribution in [0.3, 0.4) is 0 Å². The lowest BCUT2D eigenvalue weighted by molar-refractivity contribution is 0.552. The lowest BCUT2D eigenvalue weighted by Gasteiger charge is -2.01. The van der Waals surface area contributed by atoms with Crippen molar-refractivity contribution < 1.29 is 8.78 Å². The Morgan fingerprint density at radius 1 is 1.33 bits per heavy atom. The minimum absolute atomic E-state index is 0.00866. The molecular weight excluding hydrogens is 242 g/mol. The normalized spacial score (nSPS) is 10.5. The van der Waals surface area contributed by atoms with Gasteiger partial charge in [-0.3, -0.25) is 0 Å². The molecular formula is C7H4F2N4S2. The molecule has 0 saturated carbocycles. The van der Waals surface area contributed by atoms with Crippen LogP contribution in [0.15, 0.2) is 20.9 Å². The number of hydrogen-bond acceptors (Lipinski definition) is 6. The monoisotopic (exact) mass is 246 g/mol. The first-order valence-corrected chi connectivity index (χ1v) is 5.42. The molecule has 8 heteroatoms. The molecule has 0 aliphatic carbocycles. The molecule has 0 bridgehead atoms. The zero-order valence-corrected chi connectivity index (χ0v) is 8.78. The molecule has 4 nitrogen and oxygen atoms in total. The minimum atomic E-state index is -0.867. The van der Waals surface area contributed by atoms with Crippen molar-refractivity contribution in [3.63, 3.8) is 0 Å². The maximum absolute atomic E-state index is 13.2. The summed E-state index contributed by atoms with van der Waals surface area (Å²) in [4.78, 5) is 3.58. The summed E-state index contributed by atoms with van der Waals surface area (Å²) in [5.74, 6) is -1.96. The van der Waals surface area contributed by atoms with E-state index in [9.17, 15) is 8.78 Å². The fourth-order valence-corrected chi connectivity index (χ4v) is 2.22. The van der Waals surface area contributed by atoms with Crippen LogP contribution >= 0.6 is 23.1 Å². The van der Waals surface area contributed by atoms with Gasteiger partial charge in [0, 0.05) is 6.07 Å². The predicted octanol–water partition coefficient (Wildman–Crippen LogP) is 1.94. The molecule has 0 amide bonds. The van der Waals surface area contributed by atoms with Crippen LogP contribution in [0.25, 0.3) is 0 Å². The number of anilines is 1. The average molecular weight is 246 g/mol. The van der Waals surface area contributed by atoms with Gasteiger partial charge >= 0.3 is 0 Å². The van der Waals surface area contributed by atoms with E-state index in [0.717, 1.165) is 11.8 Å². The van der Waals surface area contributed by atoms with Crippen molar-refractivity contribution >= 4 is 28.9 Å². The maximum atomic E-state index is 13.2. The minimum Gasteiger partial charge on any atom is -0.381 e.